The number of carbonyl (C=O) groups is 1. The second-order valence-electron chi connectivity index (χ2n) is 5.22. The lowest BCUT2D eigenvalue weighted by Gasteiger charge is -2.22. The predicted molar refractivity (Wildman–Crippen MR) is 97.3 cm³/mol. The lowest BCUT2D eigenvalue weighted by molar-refractivity contribution is -0.120. The Morgan fingerprint density at radius 2 is 2.17 bits per heavy atom. The molecule has 2 aromatic rings. The zero-order valence-corrected chi connectivity index (χ0v) is 15.1. The van der Waals surface area contributed by atoms with Crippen molar-refractivity contribution < 1.29 is 14.3 Å². The Morgan fingerprint density at radius 1 is 1.42 bits per heavy atom. The van der Waals surface area contributed by atoms with Gasteiger partial charge in [-0.25, -0.2) is 4.98 Å². The van der Waals surface area contributed by atoms with Gasteiger partial charge in [0.05, 0.1) is 26.0 Å². The zero-order chi connectivity index (χ0) is 16.2. The quantitative estimate of drug-likeness (QED) is 0.866. The molecule has 1 unspecified atom stereocenters. The van der Waals surface area contributed by atoms with E-state index < -0.39 is 0 Å². The lowest BCUT2D eigenvalue weighted by atomic mass is 10.1. The summed E-state index contributed by atoms with van der Waals surface area (Å²) in [5.74, 6) is 0.693. The van der Waals surface area contributed by atoms with Crippen molar-refractivity contribution in [1.82, 2.24) is 10.3 Å². The van der Waals surface area contributed by atoms with Gasteiger partial charge in [-0.15, -0.1) is 23.7 Å². The first-order valence-electron chi connectivity index (χ1n) is 7.41. The van der Waals surface area contributed by atoms with Gasteiger partial charge in [-0.05, 0) is 31.2 Å². The van der Waals surface area contributed by atoms with E-state index in [9.17, 15) is 4.79 Å². The number of benzene rings is 1. The Morgan fingerprint density at radius 3 is 2.79 bits per heavy atom. The van der Waals surface area contributed by atoms with Crippen LogP contribution in [0, 0.1) is 6.92 Å². The molecule has 1 amide bonds. The van der Waals surface area contributed by atoms with Crippen molar-refractivity contribution in [3.8, 4) is 17.0 Å². The van der Waals surface area contributed by atoms with Gasteiger partial charge in [-0.3, -0.25) is 4.79 Å². The van der Waals surface area contributed by atoms with E-state index in [-0.39, 0.29) is 24.4 Å². The molecule has 1 fully saturated rings. The molecule has 1 saturated heterocycles. The number of morpholine rings is 1. The van der Waals surface area contributed by atoms with Gasteiger partial charge < -0.3 is 20.1 Å². The number of rotatable bonds is 4. The van der Waals surface area contributed by atoms with Crippen LogP contribution in [0.1, 0.15) is 4.88 Å². The topological polar surface area (TPSA) is 72.5 Å². The van der Waals surface area contributed by atoms with Crippen LogP contribution in [0.15, 0.2) is 24.3 Å². The van der Waals surface area contributed by atoms with Crippen LogP contribution in [-0.2, 0) is 9.53 Å². The minimum atomic E-state index is -0.322. The molecule has 1 aromatic carbocycles. The van der Waals surface area contributed by atoms with Crippen molar-refractivity contribution in [2.24, 2.45) is 0 Å². The van der Waals surface area contributed by atoms with Gasteiger partial charge >= 0.3 is 0 Å². The van der Waals surface area contributed by atoms with E-state index in [1.807, 2.05) is 31.2 Å². The largest absolute Gasteiger partial charge is 0.497 e. The highest BCUT2D eigenvalue weighted by Gasteiger charge is 2.22. The summed E-state index contributed by atoms with van der Waals surface area (Å²) in [6.45, 7) is 3.71. The van der Waals surface area contributed by atoms with Gasteiger partial charge in [0, 0.05) is 17.0 Å². The smallest absolute Gasteiger partial charge is 0.245 e. The first-order valence-corrected chi connectivity index (χ1v) is 8.23. The first-order chi connectivity index (χ1) is 11.2. The number of nitrogens with zero attached hydrogens (tertiary/aromatic N) is 1. The van der Waals surface area contributed by atoms with Crippen molar-refractivity contribution in [3.63, 3.8) is 0 Å². The molecule has 2 N–H and O–H groups in total. The molecule has 8 heteroatoms. The maximum absolute atomic E-state index is 12.2. The standard InChI is InChI=1S/C16H19N3O3S.ClH/c1-10-14(11-3-5-12(21-2)6-4-11)18-16(23-10)19-15(20)13-9-22-8-7-17-13;/h3-6,13,17H,7-9H2,1-2H3,(H,18,19,20);1H. The van der Waals surface area contributed by atoms with Crippen LogP contribution in [0.2, 0.25) is 0 Å². The number of thiazole rings is 1. The predicted octanol–water partition coefficient (Wildman–Crippen LogP) is 2.48. The number of hydrogen-bond acceptors (Lipinski definition) is 6. The van der Waals surface area contributed by atoms with E-state index in [1.165, 1.54) is 11.3 Å². The zero-order valence-electron chi connectivity index (χ0n) is 13.5. The number of amides is 1. The maximum Gasteiger partial charge on any atom is 0.245 e. The van der Waals surface area contributed by atoms with Crippen molar-refractivity contribution in [2.75, 3.05) is 32.2 Å². The highest BCUT2D eigenvalue weighted by Crippen LogP contribution is 2.31. The summed E-state index contributed by atoms with van der Waals surface area (Å²) >= 11 is 1.47. The fourth-order valence-electron chi connectivity index (χ4n) is 2.39. The number of anilines is 1. The number of methoxy groups -OCH3 is 1. The highest BCUT2D eigenvalue weighted by atomic mass is 35.5. The molecule has 0 spiro atoms. The molecule has 1 aromatic heterocycles. The van der Waals surface area contributed by atoms with Crippen molar-refractivity contribution >= 4 is 34.8 Å². The Labute approximate surface area is 151 Å². The summed E-state index contributed by atoms with van der Waals surface area (Å²) in [5, 5.41) is 6.60. The van der Waals surface area contributed by atoms with Gasteiger partial charge in [0.2, 0.25) is 5.91 Å². The van der Waals surface area contributed by atoms with Crippen LogP contribution in [0.5, 0.6) is 5.75 Å². The van der Waals surface area contributed by atoms with Gasteiger partial charge in [0.25, 0.3) is 0 Å². The van der Waals surface area contributed by atoms with Crippen LogP contribution in [0.4, 0.5) is 5.13 Å². The molecule has 3 rings (SSSR count). The number of carbonyl (C=O) groups excluding carboxylic acids is 1. The van der Waals surface area contributed by atoms with Gasteiger partial charge in [0.15, 0.2) is 5.13 Å². The average Bonchev–Trinajstić information content (AvgIpc) is 2.96. The fraction of sp³-hybridized carbons (Fsp3) is 0.375. The van der Waals surface area contributed by atoms with Crippen molar-refractivity contribution in [3.05, 3.63) is 29.1 Å². The summed E-state index contributed by atoms with van der Waals surface area (Å²) in [7, 11) is 1.64. The Bertz CT molecular complexity index is 684. The lowest BCUT2D eigenvalue weighted by Crippen LogP contribution is -2.48. The van der Waals surface area contributed by atoms with Gasteiger partial charge in [0.1, 0.15) is 11.8 Å². The Kier molecular flexibility index (Phi) is 6.56. The normalized spacial score (nSPS) is 17.0. The Hall–Kier alpha value is -1.67. The fourth-order valence-corrected chi connectivity index (χ4v) is 3.23. The third kappa shape index (κ3) is 4.24. The molecule has 24 heavy (non-hydrogen) atoms. The third-order valence-corrected chi connectivity index (χ3v) is 4.51. The molecular weight excluding hydrogens is 350 g/mol. The summed E-state index contributed by atoms with van der Waals surface area (Å²) in [6.07, 6.45) is 0. The molecule has 1 atom stereocenters. The third-order valence-electron chi connectivity index (χ3n) is 3.63. The molecule has 1 aliphatic heterocycles. The van der Waals surface area contributed by atoms with Crippen LogP contribution >= 0.6 is 23.7 Å². The van der Waals surface area contributed by atoms with Crippen LogP contribution in [0.25, 0.3) is 11.3 Å². The molecule has 0 saturated carbocycles. The second kappa shape index (κ2) is 8.43. The van der Waals surface area contributed by atoms with Crippen LogP contribution < -0.4 is 15.4 Å². The Balaban J connectivity index is 0.00000208. The number of aryl methyl sites for hydroxylation is 1. The molecule has 2 heterocycles. The summed E-state index contributed by atoms with van der Waals surface area (Å²) < 4.78 is 10.5. The van der Waals surface area contributed by atoms with Crippen molar-refractivity contribution in [2.45, 2.75) is 13.0 Å². The van der Waals surface area contributed by atoms with E-state index >= 15 is 0 Å². The van der Waals surface area contributed by atoms with Crippen LogP contribution in [0.3, 0.4) is 0 Å². The average molecular weight is 370 g/mol. The summed E-state index contributed by atoms with van der Waals surface area (Å²) in [6, 6.07) is 7.40. The molecule has 6 nitrogen and oxygen atoms in total. The van der Waals surface area contributed by atoms with E-state index in [4.69, 9.17) is 9.47 Å². The van der Waals surface area contributed by atoms with Crippen molar-refractivity contribution in [1.29, 1.82) is 0 Å². The molecule has 0 radical (unpaired) electrons. The monoisotopic (exact) mass is 369 g/mol. The number of ether oxygens (including phenoxy) is 2. The highest BCUT2D eigenvalue weighted by molar-refractivity contribution is 7.16. The minimum Gasteiger partial charge on any atom is -0.497 e. The van der Waals surface area contributed by atoms with E-state index in [1.54, 1.807) is 7.11 Å². The summed E-state index contributed by atoms with van der Waals surface area (Å²) in [5.41, 5.74) is 1.87. The molecule has 1 aliphatic rings. The molecular formula is C16H20ClN3O3S. The molecule has 0 aliphatic carbocycles. The van der Waals surface area contributed by atoms with Gasteiger partial charge in [-0.1, -0.05) is 0 Å². The van der Waals surface area contributed by atoms with E-state index in [2.05, 4.69) is 15.6 Å². The number of hydrogen-bond donors (Lipinski definition) is 2. The molecule has 0 bridgehead atoms. The number of nitrogens with one attached hydrogen (secondary N) is 2. The maximum atomic E-state index is 12.2. The summed E-state index contributed by atoms with van der Waals surface area (Å²) in [4.78, 5) is 17.8. The second-order valence-corrected chi connectivity index (χ2v) is 6.43. The van der Waals surface area contributed by atoms with Crippen LogP contribution in [-0.4, -0.2) is 43.8 Å². The first kappa shape index (κ1) is 18.7. The van der Waals surface area contributed by atoms with E-state index in [0.717, 1.165) is 21.9 Å². The van der Waals surface area contributed by atoms with Gasteiger partial charge in [-0.2, -0.15) is 0 Å². The van der Waals surface area contributed by atoms with E-state index in [0.29, 0.717) is 24.9 Å². The number of halogens is 1. The minimum absolute atomic E-state index is 0. The SMILES string of the molecule is COc1ccc(-c2nc(NC(=O)C3COCCN3)sc2C)cc1.Cl. The number of aromatic nitrogens is 1. The molecule has 130 valence electrons.